The van der Waals surface area contributed by atoms with Crippen LogP contribution in [0.2, 0.25) is 0 Å². The molecule has 3 aromatic rings. The SMILES string of the molecule is Cc1ccc(-c2cnc(CCC(=O)N3CCN(c4ccccc4O)CC3)o2)cc1. The van der Waals surface area contributed by atoms with Crippen molar-refractivity contribution in [2.75, 3.05) is 31.1 Å². The number of hydrogen-bond donors (Lipinski definition) is 1. The number of nitrogens with zero attached hydrogens (tertiary/aromatic N) is 3. The van der Waals surface area contributed by atoms with Gasteiger partial charge in [-0.3, -0.25) is 4.79 Å². The van der Waals surface area contributed by atoms with E-state index in [1.54, 1.807) is 12.3 Å². The number of phenols is 1. The van der Waals surface area contributed by atoms with E-state index in [2.05, 4.69) is 9.88 Å². The number of rotatable bonds is 5. The van der Waals surface area contributed by atoms with Crippen molar-refractivity contribution in [1.82, 2.24) is 9.88 Å². The van der Waals surface area contributed by atoms with Gasteiger partial charge in [-0.15, -0.1) is 0 Å². The molecule has 4 rings (SSSR count). The lowest BCUT2D eigenvalue weighted by Gasteiger charge is -2.36. The van der Waals surface area contributed by atoms with E-state index in [1.165, 1.54) is 5.56 Å². The van der Waals surface area contributed by atoms with E-state index < -0.39 is 0 Å². The second kappa shape index (κ2) is 8.39. The van der Waals surface area contributed by atoms with E-state index in [0.717, 1.165) is 17.0 Å². The standard InChI is InChI=1S/C23H25N3O3/c1-17-6-8-18(9-7-17)21-16-24-22(29-21)10-11-23(28)26-14-12-25(13-15-26)19-4-2-3-5-20(19)27/h2-9,16,27H,10-15H2,1H3. The monoisotopic (exact) mass is 391 g/mol. The van der Waals surface area contributed by atoms with Crippen molar-refractivity contribution >= 4 is 11.6 Å². The number of phenolic OH excluding ortho intramolecular Hbond substituents is 1. The minimum atomic E-state index is 0.108. The number of anilines is 1. The molecular formula is C23H25N3O3. The number of carbonyl (C=O) groups is 1. The smallest absolute Gasteiger partial charge is 0.223 e. The normalized spacial score (nSPS) is 14.2. The molecule has 150 valence electrons. The van der Waals surface area contributed by atoms with Crippen molar-refractivity contribution in [3.8, 4) is 17.1 Å². The molecule has 1 saturated heterocycles. The minimum Gasteiger partial charge on any atom is -0.506 e. The van der Waals surface area contributed by atoms with Gasteiger partial charge in [-0.1, -0.05) is 42.0 Å². The zero-order valence-corrected chi connectivity index (χ0v) is 16.5. The highest BCUT2D eigenvalue weighted by atomic mass is 16.4. The molecular weight excluding hydrogens is 366 g/mol. The fourth-order valence-corrected chi connectivity index (χ4v) is 3.58. The van der Waals surface area contributed by atoms with Crippen molar-refractivity contribution in [3.63, 3.8) is 0 Å². The number of amides is 1. The molecule has 0 spiro atoms. The molecule has 1 aliphatic rings. The van der Waals surface area contributed by atoms with Crippen molar-refractivity contribution in [2.24, 2.45) is 0 Å². The number of para-hydroxylation sites is 2. The average Bonchev–Trinajstić information content (AvgIpc) is 3.22. The number of piperazine rings is 1. The maximum atomic E-state index is 12.6. The second-order valence-corrected chi connectivity index (χ2v) is 7.34. The van der Waals surface area contributed by atoms with Crippen molar-refractivity contribution < 1.29 is 14.3 Å². The van der Waals surface area contributed by atoms with Gasteiger partial charge in [-0.2, -0.15) is 0 Å². The highest BCUT2D eigenvalue weighted by Gasteiger charge is 2.22. The van der Waals surface area contributed by atoms with Crippen molar-refractivity contribution in [3.05, 3.63) is 66.2 Å². The van der Waals surface area contributed by atoms with E-state index in [0.29, 0.717) is 44.9 Å². The molecule has 0 saturated carbocycles. The summed E-state index contributed by atoms with van der Waals surface area (Å²) in [7, 11) is 0. The van der Waals surface area contributed by atoms with Crippen LogP contribution < -0.4 is 4.90 Å². The summed E-state index contributed by atoms with van der Waals surface area (Å²) in [6.45, 7) is 4.75. The maximum absolute atomic E-state index is 12.6. The van der Waals surface area contributed by atoms with Gasteiger partial charge in [0.05, 0.1) is 11.9 Å². The fraction of sp³-hybridized carbons (Fsp3) is 0.304. The Kier molecular flexibility index (Phi) is 5.51. The summed E-state index contributed by atoms with van der Waals surface area (Å²) in [5, 5.41) is 10.0. The van der Waals surface area contributed by atoms with Crippen LogP contribution in [0.25, 0.3) is 11.3 Å². The molecule has 1 N–H and O–H groups in total. The number of benzene rings is 2. The average molecular weight is 391 g/mol. The predicted octanol–water partition coefficient (Wildman–Crippen LogP) is 3.64. The lowest BCUT2D eigenvalue weighted by Crippen LogP contribution is -2.48. The van der Waals surface area contributed by atoms with Gasteiger partial charge in [-0.05, 0) is 19.1 Å². The van der Waals surface area contributed by atoms with Crippen LogP contribution in [0.15, 0.2) is 59.1 Å². The molecule has 0 radical (unpaired) electrons. The molecule has 6 heteroatoms. The van der Waals surface area contributed by atoms with Gasteiger partial charge in [0.15, 0.2) is 11.7 Å². The Morgan fingerprint density at radius 3 is 2.52 bits per heavy atom. The first-order chi connectivity index (χ1) is 14.1. The number of oxazole rings is 1. The van der Waals surface area contributed by atoms with Gasteiger partial charge < -0.3 is 19.3 Å². The Bertz CT molecular complexity index is 973. The summed E-state index contributed by atoms with van der Waals surface area (Å²) >= 11 is 0. The number of aromatic hydroxyl groups is 1. The van der Waals surface area contributed by atoms with Crippen LogP contribution in [0, 0.1) is 6.92 Å². The number of aromatic nitrogens is 1. The maximum Gasteiger partial charge on any atom is 0.223 e. The zero-order valence-electron chi connectivity index (χ0n) is 16.5. The molecule has 2 aromatic carbocycles. The molecule has 1 amide bonds. The summed E-state index contributed by atoms with van der Waals surface area (Å²) in [6, 6.07) is 15.4. The van der Waals surface area contributed by atoms with Gasteiger partial charge in [0.1, 0.15) is 5.75 Å². The number of hydrogen-bond acceptors (Lipinski definition) is 5. The van der Waals surface area contributed by atoms with Gasteiger partial charge in [0.2, 0.25) is 5.91 Å². The summed E-state index contributed by atoms with van der Waals surface area (Å²) in [6.07, 6.45) is 2.59. The molecule has 29 heavy (non-hydrogen) atoms. The molecule has 0 unspecified atom stereocenters. The van der Waals surface area contributed by atoms with Gasteiger partial charge >= 0.3 is 0 Å². The Morgan fingerprint density at radius 2 is 1.79 bits per heavy atom. The van der Waals surface area contributed by atoms with Gasteiger partial charge in [0.25, 0.3) is 0 Å². The highest BCUT2D eigenvalue weighted by molar-refractivity contribution is 5.76. The van der Waals surface area contributed by atoms with Crippen LogP contribution in [0.3, 0.4) is 0 Å². The summed E-state index contributed by atoms with van der Waals surface area (Å²) in [5.41, 5.74) is 3.01. The summed E-state index contributed by atoms with van der Waals surface area (Å²) < 4.78 is 5.82. The lowest BCUT2D eigenvalue weighted by atomic mass is 10.1. The van der Waals surface area contributed by atoms with Crippen LogP contribution in [-0.4, -0.2) is 47.1 Å². The molecule has 0 atom stereocenters. The first-order valence-corrected chi connectivity index (χ1v) is 9.92. The van der Waals surface area contributed by atoms with Crippen molar-refractivity contribution in [1.29, 1.82) is 0 Å². The third-order valence-corrected chi connectivity index (χ3v) is 5.30. The first kappa shape index (κ1) is 19.1. The Balaban J connectivity index is 1.29. The van der Waals surface area contributed by atoms with E-state index in [-0.39, 0.29) is 11.7 Å². The first-order valence-electron chi connectivity index (χ1n) is 9.92. The fourth-order valence-electron chi connectivity index (χ4n) is 3.58. The number of carbonyl (C=O) groups excluding carboxylic acids is 1. The largest absolute Gasteiger partial charge is 0.506 e. The topological polar surface area (TPSA) is 69.8 Å². The Hall–Kier alpha value is -3.28. The van der Waals surface area contributed by atoms with Gasteiger partial charge in [0, 0.05) is 44.6 Å². The molecule has 2 heterocycles. The summed E-state index contributed by atoms with van der Waals surface area (Å²) in [4.78, 5) is 20.9. The molecule has 1 aliphatic heterocycles. The molecule has 0 aliphatic carbocycles. The van der Waals surface area contributed by atoms with Crippen LogP contribution in [0.5, 0.6) is 5.75 Å². The van der Waals surface area contributed by atoms with E-state index >= 15 is 0 Å². The molecule has 6 nitrogen and oxygen atoms in total. The molecule has 1 aromatic heterocycles. The van der Waals surface area contributed by atoms with Crippen LogP contribution >= 0.6 is 0 Å². The Labute approximate surface area is 170 Å². The quantitative estimate of drug-likeness (QED) is 0.719. The molecule has 1 fully saturated rings. The lowest BCUT2D eigenvalue weighted by molar-refractivity contribution is -0.131. The highest BCUT2D eigenvalue weighted by Crippen LogP contribution is 2.27. The summed E-state index contributed by atoms with van der Waals surface area (Å²) in [5.74, 6) is 1.70. The predicted molar refractivity (Wildman–Crippen MR) is 112 cm³/mol. The minimum absolute atomic E-state index is 0.108. The van der Waals surface area contributed by atoms with Crippen LogP contribution in [0.1, 0.15) is 17.9 Å². The Morgan fingerprint density at radius 1 is 1.07 bits per heavy atom. The second-order valence-electron chi connectivity index (χ2n) is 7.34. The van der Waals surface area contributed by atoms with Crippen LogP contribution in [-0.2, 0) is 11.2 Å². The van der Waals surface area contributed by atoms with Crippen LogP contribution in [0.4, 0.5) is 5.69 Å². The zero-order chi connectivity index (χ0) is 20.2. The third-order valence-electron chi connectivity index (χ3n) is 5.30. The van der Waals surface area contributed by atoms with E-state index in [9.17, 15) is 9.90 Å². The van der Waals surface area contributed by atoms with Gasteiger partial charge in [-0.25, -0.2) is 4.98 Å². The molecule has 0 bridgehead atoms. The third kappa shape index (κ3) is 4.42. The number of aryl methyl sites for hydroxylation is 2. The van der Waals surface area contributed by atoms with E-state index in [4.69, 9.17) is 4.42 Å². The van der Waals surface area contributed by atoms with Crippen molar-refractivity contribution in [2.45, 2.75) is 19.8 Å². The van der Waals surface area contributed by atoms with E-state index in [1.807, 2.05) is 54.3 Å².